The summed E-state index contributed by atoms with van der Waals surface area (Å²) in [7, 11) is 1.79. The Balaban J connectivity index is 1.74. The predicted molar refractivity (Wildman–Crippen MR) is 104 cm³/mol. The zero-order valence-electron chi connectivity index (χ0n) is 13.8. The maximum atomic E-state index is 12.7. The molecule has 5 heteroatoms. The summed E-state index contributed by atoms with van der Waals surface area (Å²) in [4.78, 5) is 18.6. The van der Waals surface area contributed by atoms with Gasteiger partial charge in [-0.15, -0.1) is 0 Å². The summed E-state index contributed by atoms with van der Waals surface area (Å²) in [6.45, 7) is 0.557. The number of hydrogen-bond donors (Lipinski definition) is 1. The maximum absolute atomic E-state index is 12.7. The second-order valence-corrected chi connectivity index (χ2v) is 6.57. The number of nitrogens with one attached hydrogen (secondary N) is 1. The van der Waals surface area contributed by atoms with Crippen molar-refractivity contribution in [2.24, 2.45) is 0 Å². The number of amides is 1. The molecular formula is C20H18BrN3O. The topological polar surface area (TPSA) is 45.2 Å². The van der Waals surface area contributed by atoms with E-state index in [2.05, 4.69) is 26.2 Å². The van der Waals surface area contributed by atoms with E-state index < -0.39 is 0 Å². The first kappa shape index (κ1) is 17.2. The largest absolute Gasteiger partial charge is 0.353 e. The van der Waals surface area contributed by atoms with Crippen molar-refractivity contribution < 1.29 is 4.79 Å². The molecule has 0 radical (unpaired) electrons. The summed E-state index contributed by atoms with van der Waals surface area (Å²) in [5, 5.41) is 3.28. The summed E-state index contributed by atoms with van der Waals surface area (Å²) in [5.74, 6) is -0.0628. The molecular weight excluding hydrogens is 378 g/mol. The van der Waals surface area contributed by atoms with E-state index in [-0.39, 0.29) is 5.91 Å². The number of carbonyl (C=O) groups excluding carboxylic acids is 1. The van der Waals surface area contributed by atoms with Crippen LogP contribution in [0.25, 0.3) is 0 Å². The normalized spacial score (nSPS) is 10.3. The molecule has 0 saturated heterocycles. The molecule has 0 aliphatic rings. The molecule has 0 aliphatic heterocycles. The van der Waals surface area contributed by atoms with Gasteiger partial charge in [0.1, 0.15) is 0 Å². The van der Waals surface area contributed by atoms with Crippen molar-refractivity contribution in [2.45, 2.75) is 6.54 Å². The molecule has 2 aromatic carbocycles. The number of para-hydroxylation sites is 1. The smallest absolute Gasteiger partial charge is 0.255 e. The van der Waals surface area contributed by atoms with Crippen LogP contribution in [-0.2, 0) is 6.54 Å². The highest BCUT2D eigenvalue weighted by Gasteiger charge is 2.13. The van der Waals surface area contributed by atoms with E-state index in [0.29, 0.717) is 12.1 Å². The van der Waals surface area contributed by atoms with Gasteiger partial charge in [0.2, 0.25) is 0 Å². The molecule has 126 valence electrons. The van der Waals surface area contributed by atoms with E-state index in [1.807, 2.05) is 60.7 Å². The molecule has 0 spiro atoms. The second-order valence-electron chi connectivity index (χ2n) is 5.71. The van der Waals surface area contributed by atoms with Gasteiger partial charge in [-0.3, -0.25) is 9.78 Å². The van der Waals surface area contributed by atoms with Gasteiger partial charge in [0.05, 0.1) is 23.1 Å². The summed E-state index contributed by atoms with van der Waals surface area (Å²) >= 11 is 3.50. The predicted octanol–water partition coefficient (Wildman–Crippen LogP) is 4.86. The van der Waals surface area contributed by atoms with E-state index in [1.54, 1.807) is 24.3 Å². The Morgan fingerprint density at radius 1 is 1.08 bits per heavy atom. The molecule has 1 aromatic heterocycles. The fraction of sp³-hybridized carbons (Fsp3) is 0.100. The third-order valence-corrected chi connectivity index (χ3v) is 4.44. The first-order chi connectivity index (χ1) is 12.1. The minimum absolute atomic E-state index is 0.0628. The molecule has 4 nitrogen and oxygen atoms in total. The van der Waals surface area contributed by atoms with Crippen LogP contribution in [0.2, 0.25) is 0 Å². The van der Waals surface area contributed by atoms with Crippen LogP contribution in [0.15, 0.2) is 77.5 Å². The van der Waals surface area contributed by atoms with Crippen LogP contribution in [0, 0.1) is 0 Å². The molecule has 1 N–H and O–H groups in total. The van der Waals surface area contributed by atoms with E-state index in [0.717, 1.165) is 21.4 Å². The first-order valence-corrected chi connectivity index (χ1v) is 8.69. The van der Waals surface area contributed by atoms with Gasteiger partial charge < -0.3 is 10.2 Å². The maximum Gasteiger partial charge on any atom is 0.255 e. The summed E-state index contributed by atoms with van der Waals surface area (Å²) in [6, 6.07) is 19.5. The highest BCUT2D eigenvalue weighted by Crippen LogP contribution is 2.25. The van der Waals surface area contributed by atoms with Crippen LogP contribution in [0.5, 0.6) is 0 Å². The number of nitrogens with zero attached hydrogens (tertiary/aromatic N) is 2. The van der Waals surface area contributed by atoms with Crippen molar-refractivity contribution in [3.8, 4) is 0 Å². The molecule has 3 aromatic rings. The molecule has 25 heavy (non-hydrogen) atoms. The second kappa shape index (κ2) is 7.94. The number of benzene rings is 2. The Morgan fingerprint density at radius 2 is 1.80 bits per heavy atom. The molecule has 1 amide bonds. The molecule has 0 aliphatic carbocycles. The van der Waals surface area contributed by atoms with Crippen molar-refractivity contribution in [2.75, 3.05) is 12.4 Å². The Morgan fingerprint density at radius 3 is 2.56 bits per heavy atom. The summed E-state index contributed by atoms with van der Waals surface area (Å²) in [5.41, 5.74) is 3.33. The third kappa shape index (κ3) is 4.45. The van der Waals surface area contributed by atoms with Crippen LogP contribution < -0.4 is 5.32 Å². The van der Waals surface area contributed by atoms with Crippen molar-refractivity contribution in [1.82, 2.24) is 9.88 Å². The zero-order valence-corrected chi connectivity index (χ0v) is 15.4. The van der Waals surface area contributed by atoms with Gasteiger partial charge in [0, 0.05) is 24.3 Å². The lowest BCUT2D eigenvalue weighted by Crippen LogP contribution is -2.26. The van der Waals surface area contributed by atoms with Gasteiger partial charge in [-0.1, -0.05) is 42.5 Å². The highest BCUT2D eigenvalue weighted by atomic mass is 79.9. The third-order valence-electron chi connectivity index (χ3n) is 3.75. The monoisotopic (exact) mass is 395 g/mol. The van der Waals surface area contributed by atoms with Crippen molar-refractivity contribution in [3.63, 3.8) is 0 Å². The van der Waals surface area contributed by atoms with Gasteiger partial charge in [0.25, 0.3) is 5.91 Å². The fourth-order valence-corrected chi connectivity index (χ4v) is 2.88. The Labute approximate surface area is 155 Å². The van der Waals surface area contributed by atoms with Crippen LogP contribution in [0.1, 0.15) is 15.9 Å². The van der Waals surface area contributed by atoms with Gasteiger partial charge in [0.15, 0.2) is 0 Å². The Bertz CT molecular complexity index is 868. The van der Waals surface area contributed by atoms with Crippen molar-refractivity contribution in [1.29, 1.82) is 0 Å². The van der Waals surface area contributed by atoms with Crippen molar-refractivity contribution >= 4 is 33.2 Å². The van der Waals surface area contributed by atoms with E-state index in [9.17, 15) is 4.79 Å². The van der Waals surface area contributed by atoms with Gasteiger partial charge >= 0.3 is 0 Å². The number of rotatable bonds is 5. The Kier molecular flexibility index (Phi) is 5.46. The SMILES string of the molecule is CN(Cc1ccccc1)C(=O)c1cncc(Nc2ccccc2Br)c1. The lowest BCUT2D eigenvalue weighted by molar-refractivity contribution is 0.0784. The van der Waals surface area contributed by atoms with Crippen LogP contribution in [-0.4, -0.2) is 22.8 Å². The molecule has 0 fully saturated rings. The van der Waals surface area contributed by atoms with Gasteiger partial charge in [-0.2, -0.15) is 0 Å². The van der Waals surface area contributed by atoms with E-state index >= 15 is 0 Å². The van der Waals surface area contributed by atoms with Crippen LogP contribution >= 0.6 is 15.9 Å². The minimum Gasteiger partial charge on any atom is -0.353 e. The first-order valence-electron chi connectivity index (χ1n) is 7.89. The lowest BCUT2D eigenvalue weighted by atomic mass is 10.2. The average Bonchev–Trinajstić information content (AvgIpc) is 2.64. The standard InChI is InChI=1S/C20H18BrN3O/c1-24(14-15-7-3-2-4-8-15)20(25)16-11-17(13-22-12-16)23-19-10-6-5-9-18(19)21/h2-13,23H,14H2,1H3. The molecule has 0 bridgehead atoms. The molecule has 0 unspecified atom stereocenters. The number of pyridine rings is 1. The number of aromatic nitrogens is 1. The Hall–Kier alpha value is -2.66. The molecule has 0 saturated carbocycles. The van der Waals surface area contributed by atoms with E-state index in [1.165, 1.54) is 0 Å². The lowest BCUT2D eigenvalue weighted by Gasteiger charge is -2.18. The van der Waals surface area contributed by atoms with Gasteiger partial charge in [-0.05, 0) is 39.7 Å². The fourth-order valence-electron chi connectivity index (χ4n) is 2.49. The highest BCUT2D eigenvalue weighted by molar-refractivity contribution is 9.10. The van der Waals surface area contributed by atoms with Gasteiger partial charge in [-0.25, -0.2) is 0 Å². The van der Waals surface area contributed by atoms with E-state index in [4.69, 9.17) is 0 Å². The minimum atomic E-state index is -0.0628. The summed E-state index contributed by atoms with van der Waals surface area (Å²) in [6.07, 6.45) is 3.29. The number of carbonyl (C=O) groups is 1. The molecule has 3 rings (SSSR count). The van der Waals surface area contributed by atoms with Crippen molar-refractivity contribution in [3.05, 3.63) is 88.7 Å². The average molecular weight is 396 g/mol. The molecule has 1 heterocycles. The molecule has 0 atom stereocenters. The quantitative estimate of drug-likeness (QED) is 0.670. The number of hydrogen-bond acceptors (Lipinski definition) is 3. The number of anilines is 2. The zero-order chi connectivity index (χ0) is 17.6. The number of halogens is 1. The van der Waals surface area contributed by atoms with Crippen LogP contribution in [0.4, 0.5) is 11.4 Å². The summed E-state index contributed by atoms with van der Waals surface area (Å²) < 4.78 is 0.952. The van der Waals surface area contributed by atoms with Crippen LogP contribution in [0.3, 0.4) is 0 Å².